The molecular formula is C44H70O15. The van der Waals surface area contributed by atoms with E-state index in [1.165, 1.54) is 13.8 Å². The van der Waals surface area contributed by atoms with Crippen molar-refractivity contribution in [1.29, 1.82) is 0 Å². The van der Waals surface area contributed by atoms with E-state index < -0.39 is 96.1 Å². The number of aliphatic hydroxyl groups is 6. The Kier molecular flexibility index (Phi) is 10.9. The van der Waals surface area contributed by atoms with E-state index >= 15 is 0 Å². The van der Waals surface area contributed by atoms with Crippen molar-refractivity contribution in [2.24, 2.45) is 44.8 Å². The van der Waals surface area contributed by atoms with Crippen LogP contribution < -0.4 is 0 Å². The van der Waals surface area contributed by atoms with E-state index in [-0.39, 0.29) is 58.7 Å². The molecule has 3 heterocycles. The molecule has 8 rings (SSSR count). The number of fused-ring (bicyclic) bond motifs is 2. The normalized spacial score (nSPS) is 54.0. The highest BCUT2D eigenvalue weighted by Crippen LogP contribution is 2.89. The minimum Gasteiger partial charge on any atom is -0.455 e. The van der Waals surface area contributed by atoms with Gasteiger partial charge in [0, 0.05) is 19.8 Å². The summed E-state index contributed by atoms with van der Waals surface area (Å²) in [7, 11) is 0. The lowest BCUT2D eigenvalue weighted by molar-refractivity contribution is -0.327. The zero-order valence-electron chi connectivity index (χ0n) is 36.3. The summed E-state index contributed by atoms with van der Waals surface area (Å²) < 4.78 is 43.5. The molecule has 8 fully saturated rings. The molecule has 2 spiro atoms. The van der Waals surface area contributed by atoms with Crippen LogP contribution >= 0.6 is 0 Å². The first kappa shape index (κ1) is 44.1. The summed E-state index contributed by atoms with van der Waals surface area (Å²) >= 11 is 0. The van der Waals surface area contributed by atoms with Gasteiger partial charge < -0.3 is 63.8 Å². The molecule has 3 aliphatic heterocycles. The van der Waals surface area contributed by atoms with Crippen molar-refractivity contribution in [3.63, 3.8) is 0 Å². The Labute approximate surface area is 347 Å². The van der Waals surface area contributed by atoms with E-state index in [0.717, 1.165) is 32.1 Å². The zero-order chi connectivity index (χ0) is 43.0. The molecule has 336 valence electrons. The number of aliphatic hydroxyl groups excluding tert-OH is 5. The summed E-state index contributed by atoms with van der Waals surface area (Å²) in [6.45, 7) is 16.7. The van der Waals surface area contributed by atoms with Gasteiger partial charge in [-0.2, -0.15) is 0 Å². The summed E-state index contributed by atoms with van der Waals surface area (Å²) in [5.74, 6) is -1.47. The topological polar surface area (TPSA) is 220 Å². The Hall–Kier alpha value is -1.50. The highest BCUT2D eigenvalue weighted by atomic mass is 16.7. The molecule has 20 atom stereocenters. The van der Waals surface area contributed by atoms with Crippen molar-refractivity contribution in [3.8, 4) is 0 Å². The van der Waals surface area contributed by atoms with E-state index in [4.69, 9.17) is 33.2 Å². The van der Waals surface area contributed by atoms with Gasteiger partial charge in [0.15, 0.2) is 24.8 Å². The molecule has 6 N–H and O–H groups in total. The average Bonchev–Trinajstić information content (AvgIpc) is 3.49. The third-order valence-electron chi connectivity index (χ3n) is 17.8. The predicted molar refractivity (Wildman–Crippen MR) is 207 cm³/mol. The van der Waals surface area contributed by atoms with Crippen LogP contribution in [0.4, 0.5) is 0 Å². The first-order chi connectivity index (χ1) is 27.3. The highest BCUT2D eigenvalue weighted by Gasteiger charge is 2.85. The average molecular weight is 839 g/mol. The first-order valence-corrected chi connectivity index (χ1v) is 22.0. The fourth-order valence-electron chi connectivity index (χ4n) is 15.2. The zero-order valence-corrected chi connectivity index (χ0v) is 36.3. The summed E-state index contributed by atoms with van der Waals surface area (Å²) in [6.07, 6.45) is -5.24. The number of carbonyl (C=O) groups excluding carboxylic acids is 2. The van der Waals surface area contributed by atoms with Crippen molar-refractivity contribution in [3.05, 3.63) is 0 Å². The van der Waals surface area contributed by atoms with Crippen LogP contribution in [-0.4, -0.2) is 141 Å². The molecule has 0 bridgehead atoms. The van der Waals surface area contributed by atoms with Crippen molar-refractivity contribution < 1.29 is 73.4 Å². The van der Waals surface area contributed by atoms with E-state index in [9.17, 15) is 40.2 Å². The van der Waals surface area contributed by atoms with E-state index in [1.807, 2.05) is 0 Å². The number of esters is 2. The molecule has 0 amide bonds. The molecule has 15 nitrogen and oxygen atoms in total. The fraction of sp³-hybridized carbons (Fsp3) is 0.955. The Balaban J connectivity index is 1.13. The number of hydrogen-bond acceptors (Lipinski definition) is 15. The molecule has 0 aromatic rings. The number of carbonyl (C=O) groups is 2. The van der Waals surface area contributed by atoms with Crippen molar-refractivity contribution in [2.45, 2.75) is 205 Å². The van der Waals surface area contributed by atoms with Crippen LogP contribution in [0.15, 0.2) is 0 Å². The van der Waals surface area contributed by atoms with Gasteiger partial charge in [-0.05, 0) is 117 Å². The smallest absolute Gasteiger partial charge is 0.303 e. The maximum Gasteiger partial charge on any atom is 0.303 e. The van der Waals surface area contributed by atoms with Gasteiger partial charge in [0.1, 0.15) is 24.4 Å². The minimum atomic E-state index is -1.49. The van der Waals surface area contributed by atoms with Gasteiger partial charge in [0.05, 0.1) is 48.8 Å². The Morgan fingerprint density at radius 1 is 0.695 bits per heavy atom. The van der Waals surface area contributed by atoms with Gasteiger partial charge in [-0.3, -0.25) is 9.59 Å². The van der Waals surface area contributed by atoms with Crippen LogP contribution in [0, 0.1) is 44.8 Å². The molecule has 0 radical (unpaired) electrons. The molecule has 5 aliphatic carbocycles. The summed E-state index contributed by atoms with van der Waals surface area (Å²) in [5, 5.41) is 66.3. The summed E-state index contributed by atoms with van der Waals surface area (Å²) in [4.78, 5) is 24.4. The minimum absolute atomic E-state index is 0.0659. The Bertz CT molecular complexity index is 1630. The lowest BCUT2D eigenvalue weighted by Gasteiger charge is -2.65. The number of rotatable bonds is 8. The molecule has 59 heavy (non-hydrogen) atoms. The van der Waals surface area contributed by atoms with Crippen LogP contribution in [0.1, 0.15) is 120 Å². The molecule has 0 unspecified atom stereocenters. The maximum atomic E-state index is 12.3. The quantitative estimate of drug-likeness (QED) is 0.153. The first-order valence-electron chi connectivity index (χ1n) is 22.0. The lowest BCUT2D eigenvalue weighted by atomic mass is 9.41. The van der Waals surface area contributed by atoms with Gasteiger partial charge in [-0.25, -0.2) is 0 Å². The largest absolute Gasteiger partial charge is 0.455 e. The standard InChI is InChI=1S/C44H70O15/c1-21(45)55-32-25(49)19-54-37(33(32)56-22(2)46)58-28-11-13-44-20-43(44)15-14-40(7)34(42(9)12-10-29(59-42)39(5,6)52)23(47)17-41(40,8)27(43)16-26(35(44)38(28,3)4)57-36-31(51)30(50)24(48)18-53-36/h23-37,47-52H,10-20H2,1-9H3/t23-,24+,25+,26-,27-,28-,29+,30-,31+,32-,33+,34-,35-,36-,37-,40+,41-,42+,43-,44+/m0/s1. The summed E-state index contributed by atoms with van der Waals surface area (Å²) in [5.41, 5.74) is -3.16. The van der Waals surface area contributed by atoms with Crippen LogP contribution in [0.25, 0.3) is 0 Å². The van der Waals surface area contributed by atoms with Gasteiger partial charge >= 0.3 is 11.9 Å². The third-order valence-corrected chi connectivity index (χ3v) is 17.8. The van der Waals surface area contributed by atoms with Crippen LogP contribution in [0.2, 0.25) is 0 Å². The van der Waals surface area contributed by atoms with Crippen molar-refractivity contribution in [1.82, 2.24) is 0 Å². The molecular weight excluding hydrogens is 768 g/mol. The highest BCUT2D eigenvalue weighted by molar-refractivity contribution is 5.67. The fourth-order valence-corrected chi connectivity index (χ4v) is 15.2. The van der Waals surface area contributed by atoms with E-state index in [2.05, 4.69) is 34.6 Å². The van der Waals surface area contributed by atoms with Gasteiger partial charge in [-0.1, -0.05) is 27.7 Å². The molecule has 0 aromatic heterocycles. The molecule has 15 heteroatoms. The maximum absolute atomic E-state index is 12.3. The monoisotopic (exact) mass is 838 g/mol. The van der Waals surface area contributed by atoms with E-state index in [1.54, 1.807) is 13.8 Å². The van der Waals surface area contributed by atoms with Gasteiger partial charge in [0.2, 0.25) is 0 Å². The van der Waals surface area contributed by atoms with Crippen LogP contribution in [-0.2, 0) is 42.7 Å². The van der Waals surface area contributed by atoms with E-state index in [0.29, 0.717) is 25.7 Å². The second-order valence-electron chi connectivity index (χ2n) is 21.8. The van der Waals surface area contributed by atoms with Gasteiger partial charge in [0.25, 0.3) is 0 Å². The molecule has 8 aliphatic rings. The van der Waals surface area contributed by atoms with Crippen molar-refractivity contribution >= 4 is 11.9 Å². The molecule has 5 saturated carbocycles. The predicted octanol–water partition coefficient (Wildman–Crippen LogP) is 2.50. The van der Waals surface area contributed by atoms with Crippen LogP contribution in [0.5, 0.6) is 0 Å². The lowest BCUT2D eigenvalue weighted by Crippen LogP contribution is -2.65. The Morgan fingerprint density at radius 2 is 1.34 bits per heavy atom. The number of ether oxygens (including phenoxy) is 7. The summed E-state index contributed by atoms with van der Waals surface area (Å²) in [6, 6.07) is 0. The Morgan fingerprint density at radius 3 is 1.98 bits per heavy atom. The SMILES string of the molecule is CC(=O)O[C@@H]1[C@@H](OC(C)=O)[C@H](O[C@H]2CC[C@]34C[C@]35CC[C@]3(C)[C@@H]([C@@]6(C)CC[C@H](C(C)(C)O)O6)[C@@H](O)C[C@@]3(C)[C@@H]5C[C@H](O[C@@H]3OC[C@@H](O)[C@H](O)[C@H]3O)[C@H]4C2(C)C)OC[C@H]1O. The second-order valence-corrected chi connectivity index (χ2v) is 21.8. The number of hydrogen-bond donors (Lipinski definition) is 6. The van der Waals surface area contributed by atoms with Crippen LogP contribution in [0.3, 0.4) is 0 Å². The second kappa shape index (κ2) is 14.5. The third kappa shape index (κ3) is 6.60. The van der Waals surface area contributed by atoms with Gasteiger partial charge in [-0.15, -0.1) is 0 Å². The molecule has 0 aromatic carbocycles. The molecule has 3 saturated heterocycles. The van der Waals surface area contributed by atoms with Crippen molar-refractivity contribution in [2.75, 3.05) is 13.2 Å².